The monoisotopic (exact) mass is 339 g/mol. The topological polar surface area (TPSA) is 49.3 Å². The van der Waals surface area contributed by atoms with Crippen molar-refractivity contribution in [2.45, 2.75) is 0 Å². The lowest BCUT2D eigenvalue weighted by molar-refractivity contribution is 0.0698. The van der Waals surface area contributed by atoms with Crippen LogP contribution < -0.4 is 5.32 Å². The van der Waals surface area contributed by atoms with Crippen LogP contribution in [0.15, 0.2) is 48.5 Å². The van der Waals surface area contributed by atoms with Crippen molar-refractivity contribution in [2.75, 3.05) is 5.32 Å². The van der Waals surface area contributed by atoms with Crippen LogP contribution in [0.2, 0.25) is 5.02 Å². The van der Waals surface area contributed by atoms with Gasteiger partial charge < -0.3 is 10.4 Å². The number of terminal acetylenes is 1. The van der Waals surface area contributed by atoms with E-state index in [1.165, 1.54) is 24.3 Å². The first-order valence-electron chi connectivity index (χ1n) is 6.98. The lowest BCUT2D eigenvalue weighted by Crippen LogP contribution is -2.03. The molecule has 0 fully saturated rings. The Hall–Kier alpha value is -3.03. The van der Waals surface area contributed by atoms with E-state index >= 15 is 0 Å². The van der Waals surface area contributed by atoms with Gasteiger partial charge in [0.2, 0.25) is 0 Å². The molecule has 0 bridgehead atoms. The van der Waals surface area contributed by atoms with E-state index in [4.69, 9.17) is 18.0 Å². The van der Waals surface area contributed by atoms with Gasteiger partial charge in [-0.2, -0.15) is 0 Å². The van der Waals surface area contributed by atoms with Gasteiger partial charge in [-0.25, -0.2) is 9.18 Å². The maximum atomic E-state index is 13.2. The van der Waals surface area contributed by atoms with E-state index in [2.05, 4.69) is 11.2 Å². The standard InChI is InChI=1S/C19H11ClFNO2/c1-2-11-9-18(16(19(23)24)10-17(11)20)22-15-6-4-12-7-14(21)5-3-13(12)8-15/h1,3-10,22H,(H,23,24). The van der Waals surface area contributed by atoms with E-state index in [-0.39, 0.29) is 16.4 Å². The summed E-state index contributed by atoms with van der Waals surface area (Å²) >= 11 is 5.97. The first-order chi connectivity index (χ1) is 11.5. The molecule has 3 nitrogen and oxygen atoms in total. The quantitative estimate of drug-likeness (QED) is 0.656. The van der Waals surface area contributed by atoms with Gasteiger partial charge in [0.25, 0.3) is 0 Å². The van der Waals surface area contributed by atoms with Crippen LogP contribution in [0.5, 0.6) is 0 Å². The summed E-state index contributed by atoms with van der Waals surface area (Å²) < 4.78 is 13.2. The fourth-order valence-corrected chi connectivity index (χ4v) is 2.63. The number of rotatable bonds is 3. The molecule has 0 amide bonds. The van der Waals surface area contributed by atoms with Crippen LogP contribution in [0.1, 0.15) is 15.9 Å². The zero-order valence-electron chi connectivity index (χ0n) is 12.3. The second-order valence-corrected chi connectivity index (χ2v) is 5.57. The second-order valence-electron chi connectivity index (χ2n) is 5.16. The molecular weight excluding hydrogens is 329 g/mol. The lowest BCUT2D eigenvalue weighted by Gasteiger charge is -2.12. The number of carboxylic acids is 1. The van der Waals surface area contributed by atoms with Crippen molar-refractivity contribution >= 4 is 39.7 Å². The van der Waals surface area contributed by atoms with Crippen molar-refractivity contribution in [3.05, 3.63) is 70.5 Å². The van der Waals surface area contributed by atoms with Crippen LogP contribution in [-0.2, 0) is 0 Å². The highest BCUT2D eigenvalue weighted by Gasteiger charge is 2.14. The van der Waals surface area contributed by atoms with Crippen LogP contribution >= 0.6 is 11.6 Å². The van der Waals surface area contributed by atoms with Crippen molar-refractivity contribution in [3.8, 4) is 12.3 Å². The van der Waals surface area contributed by atoms with Gasteiger partial charge in [0.05, 0.1) is 16.3 Å². The summed E-state index contributed by atoms with van der Waals surface area (Å²) in [5.74, 6) is 0.985. The molecule has 5 heteroatoms. The summed E-state index contributed by atoms with van der Waals surface area (Å²) in [5.41, 5.74) is 1.40. The zero-order valence-corrected chi connectivity index (χ0v) is 13.1. The SMILES string of the molecule is C#Cc1cc(Nc2ccc3cc(F)ccc3c2)c(C(=O)O)cc1Cl. The molecule has 0 unspecified atom stereocenters. The predicted octanol–water partition coefficient (Wildman–Crippen LogP) is 5.06. The second kappa shape index (κ2) is 6.23. The van der Waals surface area contributed by atoms with Gasteiger partial charge in [-0.3, -0.25) is 0 Å². The van der Waals surface area contributed by atoms with Gasteiger partial charge in [-0.05, 0) is 47.2 Å². The van der Waals surface area contributed by atoms with Gasteiger partial charge in [-0.1, -0.05) is 29.7 Å². The minimum absolute atomic E-state index is 0.0122. The van der Waals surface area contributed by atoms with Gasteiger partial charge in [-0.15, -0.1) is 6.42 Å². The Kier molecular flexibility index (Phi) is 4.11. The van der Waals surface area contributed by atoms with Crippen LogP contribution in [-0.4, -0.2) is 11.1 Å². The third-order valence-corrected chi connectivity index (χ3v) is 3.89. The largest absolute Gasteiger partial charge is 0.478 e. The number of aromatic carboxylic acids is 1. The highest BCUT2D eigenvalue weighted by Crippen LogP contribution is 2.29. The molecule has 0 saturated heterocycles. The van der Waals surface area contributed by atoms with Crippen molar-refractivity contribution in [1.82, 2.24) is 0 Å². The van der Waals surface area contributed by atoms with Crippen molar-refractivity contribution < 1.29 is 14.3 Å². The Morgan fingerprint density at radius 3 is 2.54 bits per heavy atom. The third kappa shape index (κ3) is 3.03. The first kappa shape index (κ1) is 15.9. The molecule has 0 aromatic heterocycles. The Morgan fingerprint density at radius 2 is 1.83 bits per heavy atom. The summed E-state index contributed by atoms with van der Waals surface area (Å²) in [7, 11) is 0. The highest BCUT2D eigenvalue weighted by atomic mass is 35.5. The number of hydrogen-bond donors (Lipinski definition) is 2. The Bertz CT molecular complexity index is 1010. The molecule has 0 aliphatic carbocycles. The van der Waals surface area contributed by atoms with Crippen LogP contribution in [0.25, 0.3) is 10.8 Å². The minimum Gasteiger partial charge on any atom is -0.478 e. The van der Waals surface area contributed by atoms with Gasteiger partial charge in [0.15, 0.2) is 0 Å². The number of carboxylic acid groups (broad SMARTS) is 1. The molecule has 0 radical (unpaired) electrons. The Labute approximate surface area is 142 Å². The predicted molar refractivity (Wildman–Crippen MR) is 93.5 cm³/mol. The summed E-state index contributed by atoms with van der Waals surface area (Å²) in [5, 5.41) is 14.2. The summed E-state index contributed by atoms with van der Waals surface area (Å²) in [6.45, 7) is 0. The van der Waals surface area contributed by atoms with Gasteiger partial charge in [0, 0.05) is 11.3 Å². The number of anilines is 2. The minimum atomic E-state index is -1.12. The van der Waals surface area contributed by atoms with E-state index < -0.39 is 5.97 Å². The molecular formula is C19H11ClFNO2. The van der Waals surface area contributed by atoms with Gasteiger partial charge >= 0.3 is 5.97 Å². The Morgan fingerprint density at radius 1 is 1.12 bits per heavy atom. The van der Waals surface area contributed by atoms with Crippen LogP contribution in [0.4, 0.5) is 15.8 Å². The molecule has 3 aromatic rings. The van der Waals surface area contributed by atoms with E-state index in [1.807, 2.05) is 0 Å². The molecule has 3 rings (SSSR count). The summed E-state index contributed by atoms with van der Waals surface area (Å²) in [6, 6.07) is 12.6. The average molecular weight is 340 g/mol. The number of hydrogen-bond acceptors (Lipinski definition) is 2. The smallest absolute Gasteiger partial charge is 0.337 e. The van der Waals surface area contributed by atoms with E-state index in [1.54, 1.807) is 24.3 Å². The third-order valence-electron chi connectivity index (χ3n) is 3.57. The number of nitrogens with one attached hydrogen (secondary N) is 1. The molecule has 3 aromatic carbocycles. The fourth-order valence-electron chi connectivity index (χ4n) is 2.41. The number of halogens is 2. The lowest BCUT2D eigenvalue weighted by atomic mass is 10.1. The van der Waals surface area contributed by atoms with E-state index in [0.717, 1.165) is 10.8 Å². The maximum Gasteiger partial charge on any atom is 0.337 e. The van der Waals surface area contributed by atoms with Crippen LogP contribution in [0, 0.1) is 18.2 Å². The average Bonchev–Trinajstić information content (AvgIpc) is 2.56. The molecule has 0 aliphatic rings. The van der Waals surface area contributed by atoms with Crippen molar-refractivity contribution in [3.63, 3.8) is 0 Å². The van der Waals surface area contributed by atoms with Crippen molar-refractivity contribution in [1.29, 1.82) is 0 Å². The molecule has 0 saturated carbocycles. The number of fused-ring (bicyclic) bond motifs is 1. The molecule has 24 heavy (non-hydrogen) atoms. The van der Waals surface area contributed by atoms with E-state index in [0.29, 0.717) is 16.9 Å². The van der Waals surface area contributed by atoms with E-state index in [9.17, 15) is 14.3 Å². The summed E-state index contributed by atoms with van der Waals surface area (Å²) in [4.78, 5) is 11.4. The molecule has 2 N–H and O–H groups in total. The highest BCUT2D eigenvalue weighted by molar-refractivity contribution is 6.32. The number of benzene rings is 3. The normalized spacial score (nSPS) is 10.4. The Balaban J connectivity index is 2.06. The van der Waals surface area contributed by atoms with Crippen molar-refractivity contribution in [2.24, 2.45) is 0 Å². The van der Waals surface area contributed by atoms with Gasteiger partial charge in [0.1, 0.15) is 5.82 Å². The molecule has 0 aliphatic heterocycles. The molecule has 0 atom stereocenters. The summed E-state index contributed by atoms with van der Waals surface area (Å²) in [6.07, 6.45) is 5.38. The fraction of sp³-hybridized carbons (Fsp3) is 0. The van der Waals surface area contributed by atoms with Crippen LogP contribution in [0.3, 0.4) is 0 Å². The molecule has 118 valence electrons. The zero-order chi connectivity index (χ0) is 17.3. The first-order valence-corrected chi connectivity index (χ1v) is 7.35. The molecule has 0 spiro atoms. The molecule has 0 heterocycles. The maximum absolute atomic E-state index is 13.2. The number of carbonyl (C=O) groups is 1.